The van der Waals surface area contributed by atoms with Gasteiger partial charge in [-0.3, -0.25) is 13.9 Å². The molecule has 2 aromatic rings. The van der Waals surface area contributed by atoms with Crippen LogP contribution in [-0.2, 0) is 15.8 Å². The zero-order chi connectivity index (χ0) is 18.7. The number of aldehydes is 1. The third-order valence-corrected chi connectivity index (χ3v) is 4.67. The molecule has 0 aliphatic heterocycles. The van der Waals surface area contributed by atoms with E-state index in [9.17, 15) is 18.2 Å². The fourth-order valence-electron chi connectivity index (χ4n) is 2.27. The molecule has 25 heavy (non-hydrogen) atoms. The molecule has 8 heteroatoms. The molecule has 0 saturated carbocycles. The van der Waals surface area contributed by atoms with E-state index < -0.39 is 21.9 Å². The lowest BCUT2D eigenvalue weighted by molar-refractivity contribution is -0.109. The van der Waals surface area contributed by atoms with Crippen LogP contribution < -0.4 is 4.31 Å². The van der Waals surface area contributed by atoms with Gasteiger partial charge in [-0.15, -0.1) is 0 Å². The van der Waals surface area contributed by atoms with Crippen molar-refractivity contribution in [2.24, 2.45) is 0 Å². The molecule has 0 aliphatic rings. The van der Waals surface area contributed by atoms with Crippen molar-refractivity contribution < 1.29 is 18.2 Å². The number of hydrogen-bond donors (Lipinski definition) is 0. The molecule has 0 N–H and O–H groups in total. The summed E-state index contributed by atoms with van der Waals surface area (Å²) in [5, 5.41) is -0.542. The summed E-state index contributed by atoms with van der Waals surface area (Å²) in [5.41, 5.74) is 1.58. The fraction of sp³-hybridized carbons (Fsp3) is 0.294. The van der Waals surface area contributed by atoms with Crippen LogP contribution in [0.4, 0.5) is 10.3 Å². The van der Waals surface area contributed by atoms with Crippen LogP contribution in [-0.4, -0.2) is 32.6 Å². The number of hydrogen-bond acceptors (Lipinski definition) is 5. The molecule has 1 atom stereocenters. The lowest BCUT2D eigenvalue weighted by atomic mass is 9.99. The van der Waals surface area contributed by atoms with Gasteiger partial charge in [-0.2, -0.15) is 0 Å². The van der Waals surface area contributed by atoms with E-state index in [1.807, 2.05) is 13.8 Å². The van der Waals surface area contributed by atoms with E-state index in [2.05, 4.69) is 9.97 Å². The van der Waals surface area contributed by atoms with E-state index >= 15 is 0 Å². The van der Waals surface area contributed by atoms with Gasteiger partial charge in [-0.1, -0.05) is 13.8 Å². The molecule has 0 spiro atoms. The molecule has 0 radical (unpaired) electrons. The van der Waals surface area contributed by atoms with Crippen LogP contribution in [0, 0.1) is 5.82 Å². The molecule has 0 amide bonds. The van der Waals surface area contributed by atoms with Gasteiger partial charge in [0, 0.05) is 19.5 Å². The number of carbonyl (C=O) groups excluding carboxylic acids is 2. The third-order valence-electron chi connectivity index (χ3n) is 3.52. The number of aromatic nitrogens is 2. The van der Waals surface area contributed by atoms with Crippen molar-refractivity contribution >= 4 is 28.3 Å². The van der Waals surface area contributed by atoms with Crippen molar-refractivity contribution in [3.63, 3.8) is 0 Å². The molecular weight excluding hydrogens is 345 g/mol. The van der Waals surface area contributed by atoms with Crippen LogP contribution in [0.2, 0.25) is 0 Å². The summed E-state index contributed by atoms with van der Waals surface area (Å²) >= 11 is 0. The second-order valence-electron chi connectivity index (χ2n) is 5.69. The van der Waals surface area contributed by atoms with Crippen LogP contribution in [0.5, 0.6) is 0 Å². The summed E-state index contributed by atoms with van der Waals surface area (Å²) in [5.74, 6) is -0.466. The smallest absolute Gasteiger partial charge is 0.238 e. The summed E-state index contributed by atoms with van der Waals surface area (Å²) < 4.78 is 26.4. The van der Waals surface area contributed by atoms with Crippen molar-refractivity contribution in [3.8, 4) is 11.3 Å². The van der Waals surface area contributed by atoms with E-state index in [1.54, 1.807) is 0 Å². The number of rotatable bonds is 5. The Morgan fingerprint density at radius 1 is 1.24 bits per heavy atom. The quantitative estimate of drug-likeness (QED) is 0.763. The highest BCUT2D eigenvalue weighted by molar-refractivity contribution is 8.01. The van der Waals surface area contributed by atoms with Crippen molar-refractivity contribution in [2.75, 3.05) is 11.4 Å². The molecule has 1 unspecified atom stereocenters. The summed E-state index contributed by atoms with van der Waals surface area (Å²) in [6.07, 6.45) is 0.653. The Labute approximate surface area is 147 Å². The molecular formula is C17H18FN3O3S. The molecule has 0 aliphatic carbocycles. The predicted molar refractivity (Wildman–Crippen MR) is 94.1 cm³/mol. The van der Waals surface area contributed by atoms with Gasteiger partial charge in [-0.25, -0.2) is 18.6 Å². The van der Waals surface area contributed by atoms with Gasteiger partial charge in [0.05, 0.1) is 17.0 Å². The monoisotopic (exact) mass is 363 g/mol. The zero-order valence-electron chi connectivity index (χ0n) is 14.3. The maximum atomic E-state index is 13.2. The molecule has 0 bridgehead atoms. The molecule has 2 rings (SSSR count). The second-order valence-corrected chi connectivity index (χ2v) is 7.31. The Bertz CT molecular complexity index is 838. The highest BCUT2D eigenvalue weighted by atomic mass is 32.2. The molecule has 132 valence electrons. The van der Waals surface area contributed by atoms with Gasteiger partial charge in [0.2, 0.25) is 11.1 Å². The number of carbonyl (C=O) groups is 2. The minimum absolute atomic E-state index is 0.0576. The number of anilines is 1. The maximum Gasteiger partial charge on any atom is 0.238 e. The highest BCUT2D eigenvalue weighted by Crippen LogP contribution is 2.29. The first-order valence-electron chi connectivity index (χ1n) is 7.55. The molecule has 6 nitrogen and oxygen atoms in total. The van der Waals surface area contributed by atoms with Crippen LogP contribution in [0.25, 0.3) is 11.3 Å². The fourth-order valence-corrected chi connectivity index (χ4v) is 2.88. The van der Waals surface area contributed by atoms with Crippen molar-refractivity contribution in [2.45, 2.75) is 26.7 Å². The van der Waals surface area contributed by atoms with Gasteiger partial charge >= 0.3 is 0 Å². The van der Waals surface area contributed by atoms with E-state index in [0.29, 0.717) is 23.2 Å². The minimum atomic E-state index is -1.94. The maximum absolute atomic E-state index is 13.2. The van der Waals surface area contributed by atoms with Gasteiger partial charge in [0.25, 0.3) is 0 Å². The summed E-state index contributed by atoms with van der Waals surface area (Å²) in [6.45, 7) is 4.92. The van der Waals surface area contributed by atoms with E-state index in [1.165, 1.54) is 38.2 Å². The van der Waals surface area contributed by atoms with Gasteiger partial charge in [-0.05, 0) is 30.2 Å². The first kappa shape index (κ1) is 18.9. The Kier molecular flexibility index (Phi) is 5.73. The summed E-state index contributed by atoms with van der Waals surface area (Å²) in [7, 11) is -0.508. The van der Waals surface area contributed by atoms with E-state index in [0.717, 1.165) is 4.31 Å². The molecule has 1 aromatic heterocycles. The Morgan fingerprint density at radius 3 is 2.32 bits per heavy atom. The lowest BCUT2D eigenvalue weighted by Crippen LogP contribution is -2.28. The number of halogens is 1. The average Bonchev–Trinajstić information content (AvgIpc) is 2.59. The number of benzene rings is 1. The number of nitrogens with zero attached hydrogens (tertiary/aromatic N) is 3. The van der Waals surface area contributed by atoms with E-state index in [4.69, 9.17) is 0 Å². The summed E-state index contributed by atoms with van der Waals surface area (Å²) in [4.78, 5) is 31.7. The van der Waals surface area contributed by atoms with Crippen LogP contribution >= 0.6 is 0 Å². The molecule has 1 aromatic carbocycles. The van der Waals surface area contributed by atoms with Crippen LogP contribution in [0.3, 0.4) is 0 Å². The largest absolute Gasteiger partial charge is 0.298 e. The average molecular weight is 363 g/mol. The van der Waals surface area contributed by atoms with Crippen molar-refractivity contribution in [1.82, 2.24) is 9.97 Å². The predicted octanol–water partition coefficient (Wildman–Crippen LogP) is 2.87. The third kappa shape index (κ3) is 3.96. The minimum Gasteiger partial charge on any atom is -0.298 e. The Morgan fingerprint density at radius 2 is 1.84 bits per heavy atom. The topological polar surface area (TPSA) is 80.2 Å². The Hall–Kier alpha value is -2.48. The molecule has 0 saturated heterocycles. The first-order valence-corrected chi connectivity index (χ1v) is 8.66. The SMILES string of the molecule is CC(=O)S(=O)N(C)c1nc(-c2ccc(F)cc2)c(C=O)c(C(C)C)n1. The van der Waals surface area contributed by atoms with Crippen LogP contribution in [0.1, 0.15) is 42.7 Å². The van der Waals surface area contributed by atoms with E-state index in [-0.39, 0.29) is 17.4 Å². The van der Waals surface area contributed by atoms with Gasteiger partial charge in [0.15, 0.2) is 17.3 Å². The zero-order valence-corrected chi connectivity index (χ0v) is 15.1. The van der Waals surface area contributed by atoms with Crippen LogP contribution in [0.15, 0.2) is 24.3 Å². The van der Waals surface area contributed by atoms with Gasteiger partial charge in [0.1, 0.15) is 5.82 Å². The van der Waals surface area contributed by atoms with Crippen molar-refractivity contribution in [1.29, 1.82) is 0 Å². The summed E-state index contributed by atoms with van der Waals surface area (Å²) in [6, 6.07) is 5.53. The molecule has 0 fully saturated rings. The standard InChI is InChI=1S/C17H18FN3O3S/c1-10(2)15-14(9-22)16(12-5-7-13(18)8-6-12)20-17(19-15)21(4)25(24)11(3)23/h5-10H,1-4H3. The Balaban J connectivity index is 2.71. The molecule has 1 heterocycles. The first-order chi connectivity index (χ1) is 11.8. The normalized spacial score (nSPS) is 12.1. The second kappa shape index (κ2) is 7.60. The lowest BCUT2D eigenvalue weighted by Gasteiger charge is -2.19. The van der Waals surface area contributed by atoms with Crippen molar-refractivity contribution in [3.05, 3.63) is 41.3 Å². The van der Waals surface area contributed by atoms with Gasteiger partial charge < -0.3 is 0 Å². The highest BCUT2D eigenvalue weighted by Gasteiger charge is 2.22.